The van der Waals surface area contributed by atoms with Gasteiger partial charge in [-0.05, 0) is 36.8 Å². The van der Waals surface area contributed by atoms with E-state index in [-0.39, 0.29) is 18.6 Å². The van der Waals surface area contributed by atoms with Gasteiger partial charge < -0.3 is 24.6 Å². The molecule has 2 amide bonds. The number of carbonyl (C=O) groups excluding carboxylic acids is 2. The summed E-state index contributed by atoms with van der Waals surface area (Å²) in [6.45, 7) is 4.99. The molecule has 7 heteroatoms. The predicted molar refractivity (Wildman–Crippen MR) is 105 cm³/mol. The number of benzene rings is 2. The highest BCUT2D eigenvalue weighted by molar-refractivity contribution is 5.95. The van der Waals surface area contributed by atoms with Crippen molar-refractivity contribution in [1.29, 1.82) is 0 Å². The highest BCUT2D eigenvalue weighted by atomic mass is 16.7. The van der Waals surface area contributed by atoms with Gasteiger partial charge in [-0.2, -0.15) is 0 Å². The molecular weight excluding hydrogens is 358 g/mol. The molecule has 1 fully saturated rings. The van der Waals surface area contributed by atoms with Gasteiger partial charge in [0.1, 0.15) is 0 Å². The number of urea groups is 1. The smallest absolute Gasteiger partial charge is 0.317 e. The van der Waals surface area contributed by atoms with Gasteiger partial charge in [0.2, 0.25) is 6.79 Å². The largest absolute Gasteiger partial charge is 0.454 e. The Labute approximate surface area is 163 Å². The molecule has 0 bridgehead atoms. The second-order valence-corrected chi connectivity index (χ2v) is 6.93. The van der Waals surface area contributed by atoms with Crippen LogP contribution in [0.3, 0.4) is 0 Å². The van der Waals surface area contributed by atoms with Crippen LogP contribution in [0.2, 0.25) is 0 Å². The Morgan fingerprint density at radius 2 is 1.79 bits per heavy atom. The zero-order valence-corrected chi connectivity index (χ0v) is 15.8. The van der Waals surface area contributed by atoms with Crippen LogP contribution in [0, 0.1) is 0 Å². The maximum absolute atomic E-state index is 12.5. The number of Topliss-reactive ketones (excluding diaryl/α,β-unsaturated/α-hetero) is 1. The number of rotatable bonds is 4. The summed E-state index contributed by atoms with van der Waals surface area (Å²) < 4.78 is 10.7. The van der Waals surface area contributed by atoms with E-state index in [9.17, 15) is 9.59 Å². The van der Waals surface area contributed by atoms with Crippen molar-refractivity contribution in [2.24, 2.45) is 0 Å². The fourth-order valence-electron chi connectivity index (χ4n) is 3.43. The number of fused-ring (bicyclic) bond motifs is 1. The number of hydrogen-bond acceptors (Lipinski definition) is 5. The monoisotopic (exact) mass is 381 g/mol. The molecule has 2 aliphatic heterocycles. The number of nitrogens with one attached hydrogen (secondary N) is 1. The third-order valence-corrected chi connectivity index (χ3v) is 5.07. The number of ketones is 1. The van der Waals surface area contributed by atoms with Gasteiger partial charge in [-0.25, -0.2) is 4.79 Å². The zero-order chi connectivity index (χ0) is 19.5. The highest BCUT2D eigenvalue weighted by Crippen LogP contribution is 2.32. The molecule has 2 aromatic carbocycles. The normalized spacial score (nSPS) is 15.5. The standard InChI is InChI=1S/C21H23N3O4/c1-15(25)17-3-2-4-18(12-17)23-7-9-24(10-8-23)21(26)22-13-16-5-6-19-20(11-16)28-14-27-19/h2-6,11-12H,7-10,13-14H2,1H3,(H,22,26). The molecule has 2 aliphatic rings. The summed E-state index contributed by atoms with van der Waals surface area (Å²) in [5.41, 5.74) is 2.70. The predicted octanol–water partition coefficient (Wildman–Crippen LogP) is 2.65. The number of hydrogen-bond donors (Lipinski definition) is 1. The number of amides is 2. The molecule has 28 heavy (non-hydrogen) atoms. The number of nitrogens with zero attached hydrogens (tertiary/aromatic N) is 2. The molecule has 7 nitrogen and oxygen atoms in total. The summed E-state index contributed by atoms with van der Waals surface area (Å²) in [7, 11) is 0. The van der Waals surface area contributed by atoms with Crippen LogP contribution in [0.5, 0.6) is 11.5 Å². The quantitative estimate of drug-likeness (QED) is 0.825. The van der Waals surface area contributed by atoms with Gasteiger partial charge in [0.25, 0.3) is 0 Å². The fraction of sp³-hybridized carbons (Fsp3) is 0.333. The number of ether oxygens (including phenoxy) is 2. The fourth-order valence-corrected chi connectivity index (χ4v) is 3.43. The highest BCUT2D eigenvalue weighted by Gasteiger charge is 2.22. The van der Waals surface area contributed by atoms with E-state index in [1.54, 1.807) is 6.92 Å². The second-order valence-electron chi connectivity index (χ2n) is 6.93. The Hall–Kier alpha value is -3.22. The lowest BCUT2D eigenvalue weighted by atomic mass is 10.1. The van der Waals surface area contributed by atoms with Crippen LogP contribution in [0.15, 0.2) is 42.5 Å². The summed E-state index contributed by atoms with van der Waals surface area (Å²) in [6.07, 6.45) is 0. The molecule has 146 valence electrons. The lowest BCUT2D eigenvalue weighted by Gasteiger charge is -2.36. The molecule has 0 atom stereocenters. The van der Waals surface area contributed by atoms with Crippen molar-refractivity contribution in [2.45, 2.75) is 13.5 Å². The Morgan fingerprint density at radius 1 is 1.00 bits per heavy atom. The van der Waals surface area contributed by atoms with Gasteiger partial charge >= 0.3 is 6.03 Å². The molecular formula is C21H23N3O4. The molecule has 0 aliphatic carbocycles. The minimum atomic E-state index is -0.0743. The molecule has 0 radical (unpaired) electrons. The molecule has 4 rings (SSSR count). The number of anilines is 1. The average molecular weight is 381 g/mol. The van der Waals surface area contributed by atoms with Crippen molar-refractivity contribution in [3.63, 3.8) is 0 Å². The van der Waals surface area contributed by atoms with Crippen LogP contribution >= 0.6 is 0 Å². The van der Waals surface area contributed by atoms with E-state index in [1.165, 1.54) is 0 Å². The SMILES string of the molecule is CC(=O)c1cccc(N2CCN(C(=O)NCc3ccc4c(c3)OCO4)CC2)c1. The molecule has 2 heterocycles. The zero-order valence-electron chi connectivity index (χ0n) is 15.8. The molecule has 1 N–H and O–H groups in total. The van der Waals surface area contributed by atoms with Crippen molar-refractivity contribution in [3.05, 3.63) is 53.6 Å². The van der Waals surface area contributed by atoms with Gasteiger partial charge in [-0.15, -0.1) is 0 Å². The first-order valence-corrected chi connectivity index (χ1v) is 9.37. The van der Waals surface area contributed by atoms with Crippen LogP contribution in [0.1, 0.15) is 22.8 Å². The Bertz CT molecular complexity index is 891. The van der Waals surface area contributed by atoms with E-state index in [0.717, 1.165) is 30.1 Å². The van der Waals surface area contributed by atoms with Crippen LogP contribution in [-0.4, -0.2) is 49.7 Å². The maximum Gasteiger partial charge on any atom is 0.317 e. The van der Waals surface area contributed by atoms with E-state index in [4.69, 9.17) is 9.47 Å². The molecule has 0 saturated carbocycles. The first kappa shape index (κ1) is 18.2. The Morgan fingerprint density at radius 3 is 2.57 bits per heavy atom. The minimum absolute atomic E-state index is 0.0587. The van der Waals surface area contributed by atoms with Crippen LogP contribution < -0.4 is 19.7 Å². The van der Waals surface area contributed by atoms with Crippen molar-refractivity contribution in [3.8, 4) is 11.5 Å². The van der Waals surface area contributed by atoms with E-state index >= 15 is 0 Å². The molecule has 0 spiro atoms. The molecule has 0 aromatic heterocycles. The minimum Gasteiger partial charge on any atom is -0.454 e. The first-order valence-electron chi connectivity index (χ1n) is 9.37. The lowest BCUT2D eigenvalue weighted by molar-refractivity contribution is 0.101. The summed E-state index contributed by atoms with van der Waals surface area (Å²) in [5, 5.41) is 2.97. The average Bonchev–Trinajstić information content (AvgIpc) is 3.20. The second kappa shape index (κ2) is 7.80. The van der Waals surface area contributed by atoms with Gasteiger partial charge in [-0.3, -0.25) is 4.79 Å². The summed E-state index contributed by atoms with van der Waals surface area (Å²) in [5.74, 6) is 1.51. The topological polar surface area (TPSA) is 71.1 Å². The Kier molecular flexibility index (Phi) is 5.06. The third-order valence-electron chi connectivity index (χ3n) is 5.07. The summed E-state index contributed by atoms with van der Waals surface area (Å²) in [4.78, 5) is 28.1. The first-order chi connectivity index (χ1) is 13.6. The van der Waals surface area contributed by atoms with Crippen LogP contribution in [0.4, 0.5) is 10.5 Å². The summed E-state index contributed by atoms with van der Waals surface area (Å²) in [6, 6.07) is 13.2. The van der Waals surface area contributed by atoms with E-state index in [0.29, 0.717) is 30.9 Å². The van der Waals surface area contributed by atoms with Crippen molar-refractivity contribution in [2.75, 3.05) is 37.9 Å². The number of carbonyl (C=O) groups is 2. The van der Waals surface area contributed by atoms with Gasteiger partial charge in [-0.1, -0.05) is 18.2 Å². The van der Waals surface area contributed by atoms with Crippen LogP contribution in [-0.2, 0) is 6.54 Å². The third kappa shape index (κ3) is 3.88. The number of piperazine rings is 1. The molecule has 2 aromatic rings. The van der Waals surface area contributed by atoms with E-state index < -0.39 is 0 Å². The van der Waals surface area contributed by atoms with E-state index in [2.05, 4.69) is 10.2 Å². The van der Waals surface area contributed by atoms with Crippen molar-refractivity contribution in [1.82, 2.24) is 10.2 Å². The van der Waals surface area contributed by atoms with Crippen molar-refractivity contribution >= 4 is 17.5 Å². The van der Waals surface area contributed by atoms with Crippen LogP contribution in [0.25, 0.3) is 0 Å². The molecule has 1 saturated heterocycles. The molecule has 0 unspecified atom stereocenters. The van der Waals surface area contributed by atoms with Gasteiger partial charge in [0.15, 0.2) is 17.3 Å². The van der Waals surface area contributed by atoms with Gasteiger partial charge in [0.05, 0.1) is 0 Å². The van der Waals surface area contributed by atoms with Crippen molar-refractivity contribution < 1.29 is 19.1 Å². The van der Waals surface area contributed by atoms with E-state index in [1.807, 2.05) is 47.4 Å². The maximum atomic E-state index is 12.5. The summed E-state index contributed by atoms with van der Waals surface area (Å²) >= 11 is 0. The Balaban J connectivity index is 1.29. The van der Waals surface area contributed by atoms with Gasteiger partial charge in [0, 0.05) is 44.0 Å². The lowest BCUT2D eigenvalue weighted by Crippen LogP contribution is -2.51.